The largest absolute Gasteiger partial charge is 0.484 e. The Morgan fingerprint density at radius 2 is 2.00 bits per heavy atom. The highest BCUT2D eigenvalue weighted by molar-refractivity contribution is 6.01. The first-order valence-electron chi connectivity index (χ1n) is 8.98. The van der Waals surface area contributed by atoms with E-state index in [-0.39, 0.29) is 18.5 Å². The number of esters is 1. The molecule has 1 amide bonds. The summed E-state index contributed by atoms with van der Waals surface area (Å²) >= 11 is 0. The molecule has 0 aromatic heterocycles. The van der Waals surface area contributed by atoms with Crippen LogP contribution >= 0.6 is 0 Å². The number of hydrazone groups is 1. The summed E-state index contributed by atoms with van der Waals surface area (Å²) in [7, 11) is 0. The number of ether oxygens (including phenoxy) is 2. The van der Waals surface area contributed by atoms with Crippen molar-refractivity contribution in [2.24, 2.45) is 11.0 Å². The summed E-state index contributed by atoms with van der Waals surface area (Å²) in [5.74, 6) is 0.115. The van der Waals surface area contributed by atoms with Gasteiger partial charge in [-0.15, -0.1) is 0 Å². The lowest BCUT2D eigenvalue weighted by molar-refractivity contribution is -0.123. The first-order chi connectivity index (χ1) is 12.9. The summed E-state index contributed by atoms with van der Waals surface area (Å²) in [4.78, 5) is 23.6. The number of nitrogens with zero attached hydrogens (tertiary/aromatic N) is 1. The number of nitrogens with one attached hydrogen (secondary N) is 1. The highest BCUT2D eigenvalue weighted by Crippen LogP contribution is 2.26. The van der Waals surface area contributed by atoms with Crippen LogP contribution in [0.15, 0.2) is 53.2 Å². The number of allylic oxidation sites excluding steroid dienone is 3. The summed E-state index contributed by atoms with van der Waals surface area (Å²) in [5.41, 5.74) is 6.03. The summed E-state index contributed by atoms with van der Waals surface area (Å²) in [6.45, 7) is 9.91. The summed E-state index contributed by atoms with van der Waals surface area (Å²) in [6, 6.07) is 6.44. The maximum atomic E-state index is 12.0. The first kappa shape index (κ1) is 20.4. The second-order valence-electron chi connectivity index (χ2n) is 6.50. The van der Waals surface area contributed by atoms with Crippen molar-refractivity contribution in [1.29, 1.82) is 0 Å². The molecule has 144 valence electrons. The number of benzene rings is 1. The molecule has 1 unspecified atom stereocenters. The molecule has 27 heavy (non-hydrogen) atoms. The van der Waals surface area contributed by atoms with Crippen LogP contribution in [0.4, 0.5) is 0 Å². The van der Waals surface area contributed by atoms with Gasteiger partial charge in [-0.25, -0.2) is 10.2 Å². The minimum atomic E-state index is -0.387. The van der Waals surface area contributed by atoms with Gasteiger partial charge >= 0.3 is 5.97 Å². The van der Waals surface area contributed by atoms with E-state index in [2.05, 4.69) is 23.2 Å². The molecule has 0 bridgehead atoms. The monoisotopic (exact) mass is 370 g/mol. The van der Waals surface area contributed by atoms with E-state index in [1.807, 2.05) is 13.8 Å². The van der Waals surface area contributed by atoms with Gasteiger partial charge in [0.05, 0.1) is 17.9 Å². The van der Waals surface area contributed by atoms with E-state index in [0.29, 0.717) is 23.8 Å². The summed E-state index contributed by atoms with van der Waals surface area (Å²) in [5, 5.41) is 4.23. The van der Waals surface area contributed by atoms with Crippen LogP contribution in [0, 0.1) is 5.92 Å². The molecule has 0 spiro atoms. The molecule has 1 aromatic rings. The molecule has 0 fully saturated rings. The van der Waals surface area contributed by atoms with Crippen molar-refractivity contribution in [2.75, 3.05) is 13.2 Å². The fourth-order valence-electron chi connectivity index (χ4n) is 2.64. The molecule has 6 nitrogen and oxygen atoms in total. The highest BCUT2D eigenvalue weighted by atomic mass is 16.5. The van der Waals surface area contributed by atoms with Gasteiger partial charge < -0.3 is 9.47 Å². The van der Waals surface area contributed by atoms with Crippen LogP contribution in [0.1, 0.15) is 44.0 Å². The molecule has 1 N–H and O–H groups in total. The first-order valence-corrected chi connectivity index (χ1v) is 8.98. The Labute approximate surface area is 159 Å². The van der Waals surface area contributed by atoms with Crippen LogP contribution in [0.3, 0.4) is 0 Å². The highest BCUT2D eigenvalue weighted by Gasteiger charge is 2.18. The van der Waals surface area contributed by atoms with E-state index in [4.69, 9.17) is 9.47 Å². The number of amides is 1. The molecular weight excluding hydrogens is 344 g/mol. The zero-order valence-electron chi connectivity index (χ0n) is 16.1. The van der Waals surface area contributed by atoms with Crippen LogP contribution in [-0.2, 0) is 9.53 Å². The van der Waals surface area contributed by atoms with Crippen molar-refractivity contribution in [2.45, 2.75) is 33.6 Å². The Bertz CT molecular complexity index is 763. The number of carbonyl (C=O) groups is 2. The normalized spacial score (nSPS) is 17.8. The maximum absolute atomic E-state index is 12.0. The smallest absolute Gasteiger partial charge is 0.338 e. The zero-order valence-corrected chi connectivity index (χ0v) is 16.1. The van der Waals surface area contributed by atoms with E-state index in [1.54, 1.807) is 31.2 Å². The van der Waals surface area contributed by atoms with E-state index >= 15 is 0 Å². The standard InChI is InChI=1S/C21H26N2O4/c1-5-26-21(25)16-8-10-18(11-9-16)27-13-20(24)23-22-19-12-17(14(2)3)7-6-15(19)4/h6,8-11,17H,2,5,7,12-13H2,1,3-4H3,(H,23,24). The third kappa shape index (κ3) is 6.09. The molecule has 1 aliphatic carbocycles. The lowest BCUT2D eigenvalue weighted by Crippen LogP contribution is -2.27. The third-order valence-electron chi connectivity index (χ3n) is 4.35. The lowest BCUT2D eigenvalue weighted by Gasteiger charge is -2.22. The van der Waals surface area contributed by atoms with Gasteiger partial charge in [0.1, 0.15) is 5.75 Å². The zero-order chi connectivity index (χ0) is 19.8. The molecular formula is C21H26N2O4. The molecule has 0 heterocycles. The second-order valence-corrected chi connectivity index (χ2v) is 6.50. The van der Waals surface area contributed by atoms with Gasteiger partial charge in [0.2, 0.25) is 0 Å². The Morgan fingerprint density at radius 1 is 1.30 bits per heavy atom. The maximum Gasteiger partial charge on any atom is 0.338 e. The molecule has 0 saturated carbocycles. The number of hydrogen-bond acceptors (Lipinski definition) is 5. The molecule has 1 atom stereocenters. The number of rotatable bonds is 7. The van der Waals surface area contributed by atoms with Gasteiger partial charge in [-0.3, -0.25) is 4.79 Å². The quantitative estimate of drug-likeness (QED) is 0.451. The van der Waals surface area contributed by atoms with Gasteiger partial charge in [0.15, 0.2) is 6.61 Å². The van der Waals surface area contributed by atoms with Crippen molar-refractivity contribution in [3.05, 3.63) is 53.6 Å². The van der Waals surface area contributed by atoms with Crippen molar-refractivity contribution >= 4 is 17.6 Å². The minimum absolute atomic E-state index is 0.164. The van der Waals surface area contributed by atoms with Crippen LogP contribution in [0.2, 0.25) is 0 Å². The predicted molar refractivity (Wildman–Crippen MR) is 105 cm³/mol. The van der Waals surface area contributed by atoms with Crippen LogP contribution in [0.5, 0.6) is 5.75 Å². The van der Waals surface area contributed by atoms with Crippen LogP contribution in [0.25, 0.3) is 0 Å². The van der Waals surface area contributed by atoms with Crippen molar-refractivity contribution in [3.63, 3.8) is 0 Å². The van der Waals surface area contributed by atoms with Crippen molar-refractivity contribution in [1.82, 2.24) is 5.43 Å². The molecule has 0 aliphatic heterocycles. The number of carbonyl (C=O) groups excluding carboxylic acids is 2. The molecule has 2 rings (SSSR count). The Hall–Kier alpha value is -2.89. The minimum Gasteiger partial charge on any atom is -0.484 e. The van der Waals surface area contributed by atoms with Crippen molar-refractivity contribution < 1.29 is 19.1 Å². The molecule has 6 heteroatoms. The average molecular weight is 370 g/mol. The van der Waals surface area contributed by atoms with Gasteiger partial charge in [-0.2, -0.15) is 5.10 Å². The Morgan fingerprint density at radius 3 is 2.63 bits per heavy atom. The van der Waals surface area contributed by atoms with E-state index in [1.165, 1.54) is 0 Å². The fraction of sp³-hybridized carbons (Fsp3) is 0.381. The van der Waals surface area contributed by atoms with Crippen molar-refractivity contribution in [3.8, 4) is 5.75 Å². The van der Waals surface area contributed by atoms with Crippen LogP contribution in [-0.4, -0.2) is 30.8 Å². The van der Waals surface area contributed by atoms with E-state index in [0.717, 1.165) is 29.7 Å². The molecule has 0 saturated heterocycles. The van der Waals surface area contributed by atoms with Crippen LogP contribution < -0.4 is 10.2 Å². The van der Waals surface area contributed by atoms with Gasteiger partial charge in [-0.1, -0.05) is 18.2 Å². The second kappa shape index (κ2) is 9.71. The molecule has 1 aromatic carbocycles. The van der Waals surface area contributed by atoms with Gasteiger partial charge in [0, 0.05) is 0 Å². The summed E-state index contributed by atoms with van der Waals surface area (Å²) < 4.78 is 10.3. The topological polar surface area (TPSA) is 77.0 Å². The molecule has 0 radical (unpaired) electrons. The molecule has 1 aliphatic rings. The van der Waals surface area contributed by atoms with Gasteiger partial charge in [-0.05, 0) is 69.4 Å². The van der Waals surface area contributed by atoms with E-state index in [9.17, 15) is 9.59 Å². The predicted octanol–water partition coefficient (Wildman–Crippen LogP) is 3.65. The number of hydrogen-bond donors (Lipinski definition) is 1. The Kier molecular flexibility index (Phi) is 7.34. The summed E-state index contributed by atoms with van der Waals surface area (Å²) in [6.07, 6.45) is 3.85. The SMILES string of the molecule is C=C(C)C1CC=C(C)C(=NNC(=O)COc2ccc(C(=O)OCC)cc2)C1. The fourth-order valence-corrected chi connectivity index (χ4v) is 2.64. The average Bonchev–Trinajstić information content (AvgIpc) is 2.66. The third-order valence-corrected chi connectivity index (χ3v) is 4.35. The van der Waals surface area contributed by atoms with Gasteiger partial charge in [0.25, 0.3) is 5.91 Å². The lowest BCUT2D eigenvalue weighted by atomic mass is 9.85. The van der Waals surface area contributed by atoms with E-state index < -0.39 is 0 Å². The Balaban J connectivity index is 1.85.